The van der Waals surface area contributed by atoms with E-state index in [0.29, 0.717) is 11.5 Å². The molecule has 6 nitrogen and oxygen atoms in total. The molecule has 0 amide bonds. The molecule has 1 aromatic heterocycles. The van der Waals surface area contributed by atoms with Crippen LogP contribution in [-0.4, -0.2) is 53.8 Å². The van der Waals surface area contributed by atoms with Gasteiger partial charge in [-0.15, -0.1) is 11.3 Å². The summed E-state index contributed by atoms with van der Waals surface area (Å²) in [5.74, 6) is 0. The molecule has 0 radical (unpaired) electrons. The van der Waals surface area contributed by atoms with Gasteiger partial charge in [0, 0.05) is 26.4 Å². The van der Waals surface area contributed by atoms with E-state index < -0.39 is 9.84 Å². The van der Waals surface area contributed by atoms with E-state index in [1.54, 1.807) is 7.05 Å². The van der Waals surface area contributed by atoms with Crippen LogP contribution in [0.15, 0.2) is 4.90 Å². The Balaban J connectivity index is 3.24. The van der Waals surface area contributed by atoms with Crippen molar-refractivity contribution in [3.63, 3.8) is 0 Å². The minimum absolute atomic E-state index is 0.0571. The molecular formula is C11H18N4O2S2. The van der Waals surface area contributed by atoms with Gasteiger partial charge in [0.25, 0.3) is 0 Å². The Labute approximate surface area is 118 Å². The SMILES string of the molecule is CN(C)CCN(C)c1sc(C#N)c(N)c1S(C)(=O)=O. The van der Waals surface area contributed by atoms with Gasteiger partial charge in [-0.3, -0.25) is 0 Å². The number of nitrogens with two attached hydrogens (primary N) is 1. The molecule has 0 aromatic carbocycles. The summed E-state index contributed by atoms with van der Waals surface area (Å²) < 4.78 is 23.7. The second-order valence-corrected chi connectivity index (χ2v) is 7.54. The molecule has 19 heavy (non-hydrogen) atoms. The molecule has 0 saturated heterocycles. The van der Waals surface area contributed by atoms with Gasteiger partial charge in [0.2, 0.25) is 0 Å². The molecule has 0 unspecified atom stereocenters. The monoisotopic (exact) mass is 302 g/mol. The Kier molecular flexibility index (Phi) is 4.79. The van der Waals surface area contributed by atoms with Crippen LogP contribution >= 0.6 is 11.3 Å². The number of rotatable bonds is 5. The van der Waals surface area contributed by atoms with Crippen molar-refractivity contribution in [1.29, 1.82) is 5.26 Å². The maximum Gasteiger partial charge on any atom is 0.180 e. The highest BCUT2D eigenvalue weighted by molar-refractivity contribution is 7.91. The molecule has 0 aliphatic carbocycles. The van der Waals surface area contributed by atoms with Crippen molar-refractivity contribution in [3.8, 4) is 6.07 Å². The zero-order valence-corrected chi connectivity index (χ0v) is 13.1. The lowest BCUT2D eigenvalue weighted by Crippen LogP contribution is -2.28. The Morgan fingerprint density at radius 2 is 1.89 bits per heavy atom. The molecule has 1 heterocycles. The van der Waals surface area contributed by atoms with Gasteiger partial charge in [-0.2, -0.15) is 5.26 Å². The van der Waals surface area contributed by atoms with E-state index in [1.807, 2.05) is 30.0 Å². The molecule has 2 N–H and O–H groups in total. The van der Waals surface area contributed by atoms with Crippen molar-refractivity contribution in [1.82, 2.24) is 4.90 Å². The number of nitrogens with zero attached hydrogens (tertiary/aromatic N) is 3. The van der Waals surface area contributed by atoms with Crippen LogP contribution < -0.4 is 10.6 Å². The minimum Gasteiger partial charge on any atom is -0.396 e. The van der Waals surface area contributed by atoms with Crippen molar-refractivity contribution in [2.45, 2.75) is 4.90 Å². The summed E-state index contributed by atoms with van der Waals surface area (Å²) in [4.78, 5) is 4.12. The van der Waals surface area contributed by atoms with E-state index in [2.05, 4.69) is 0 Å². The van der Waals surface area contributed by atoms with Gasteiger partial charge in [-0.1, -0.05) is 0 Å². The minimum atomic E-state index is -3.46. The number of thiophene rings is 1. The molecule has 0 aliphatic rings. The van der Waals surface area contributed by atoms with Crippen molar-refractivity contribution in [3.05, 3.63) is 4.88 Å². The molecule has 106 valence electrons. The number of likely N-dealkylation sites (N-methyl/N-ethyl adjacent to an activating group) is 2. The highest BCUT2D eigenvalue weighted by atomic mass is 32.2. The first-order valence-corrected chi connectivity index (χ1v) is 8.27. The van der Waals surface area contributed by atoms with Crippen molar-refractivity contribution < 1.29 is 8.42 Å². The van der Waals surface area contributed by atoms with Crippen LogP contribution in [0.1, 0.15) is 4.88 Å². The number of sulfone groups is 1. The Hall–Kier alpha value is -1.30. The topological polar surface area (TPSA) is 90.4 Å². The number of hydrogen-bond donors (Lipinski definition) is 1. The van der Waals surface area contributed by atoms with Crippen LogP contribution in [0.2, 0.25) is 0 Å². The first kappa shape index (κ1) is 15.8. The predicted molar refractivity (Wildman–Crippen MR) is 78.4 cm³/mol. The third-order valence-electron chi connectivity index (χ3n) is 2.58. The number of nitrogen functional groups attached to an aromatic ring is 1. The Bertz CT molecular complexity index is 599. The lowest BCUT2D eigenvalue weighted by Gasteiger charge is -2.21. The third kappa shape index (κ3) is 3.59. The van der Waals surface area contributed by atoms with Gasteiger partial charge in [0.05, 0.1) is 5.69 Å². The largest absolute Gasteiger partial charge is 0.396 e. The van der Waals surface area contributed by atoms with Crippen molar-refractivity contribution in [2.75, 3.05) is 51.1 Å². The molecule has 0 aliphatic heterocycles. The number of anilines is 2. The van der Waals surface area contributed by atoms with Crippen LogP contribution in [0.5, 0.6) is 0 Å². The zero-order valence-electron chi connectivity index (χ0n) is 11.5. The maximum atomic E-state index is 11.8. The Morgan fingerprint density at radius 3 is 2.32 bits per heavy atom. The molecule has 1 rings (SSSR count). The average Bonchev–Trinajstić information content (AvgIpc) is 2.62. The Morgan fingerprint density at radius 1 is 1.32 bits per heavy atom. The summed E-state index contributed by atoms with van der Waals surface area (Å²) in [6.07, 6.45) is 1.11. The van der Waals surface area contributed by atoms with E-state index in [1.165, 1.54) is 0 Å². The van der Waals surface area contributed by atoms with E-state index in [-0.39, 0.29) is 15.5 Å². The fraction of sp³-hybridized carbons (Fsp3) is 0.545. The number of nitriles is 1. The quantitative estimate of drug-likeness (QED) is 0.856. The van der Waals surface area contributed by atoms with Crippen LogP contribution in [-0.2, 0) is 9.84 Å². The summed E-state index contributed by atoms with van der Waals surface area (Å²) in [6.45, 7) is 1.43. The van der Waals surface area contributed by atoms with Crippen LogP contribution in [0.4, 0.5) is 10.7 Å². The maximum absolute atomic E-state index is 11.8. The van der Waals surface area contributed by atoms with E-state index in [4.69, 9.17) is 11.0 Å². The summed E-state index contributed by atoms with van der Waals surface area (Å²) in [6, 6.07) is 1.94. The second kappa shape index (κ2) is 5.77. The standard InChI is InChI=1S/C11H18N4O2S2/c1-14(2)5-6-15(3)11-10(19(4,16)17)9(13)8(7-12)18-11/h5-6,13H2,1-4H3. The van der Waals surface area contributed by atoms with Crippen LogP contribution in [0.3, 0.4) is 0 Å². The van der Waals surface area contributed by atoms with Crippen molar-refractivity contribution in [2.24, 2.45) is 0 Å². The zero-order chi connectivity index (χ0) is 14.8. The highest BCUT2D eigenvalue weighted by Gasteiger charge is 2.25. The van der Waals surface area contributed by atoms with E-state index in [9.17, 15) is 8.42 Å². The van der Waals surface area contributed by atoms with Gasteiger partial charge in [0.1, 0.15) is 20.8 Å². The van der Waals surface area contributed by atoms with Gasteiger partial charge in [0.15, 0.2) is 9.84 Å². The summed E-state index contributed by atoms with van der Waals surface area (Å²) >= 11 is 1.11. The molecule has 0 spiro atoms. The average molecular weight is 302 g/mol. The lowest BCUT2D eigenvalue weighted by atomic mass is 10.4. The van der Waals surface area contributed by atoms with Crippen LogP contribution in [0.25, 0.3) is 0 Å². The van der Waals surface area contributed by atoms with E-state index >= 15 is 0 Å². The first-order chi connectivity index (χ1) is 8.68. The molecule has 0 bridgehead atoms. The molecular weight excluding hydrogens is 284 g/mol. The van der Waals surface area contributed by atoms with Crippen molar-refractivity contribution >= 4 is 31.9 Å². The molecule has 0 fully saturated rings. The molecule has 0 saturated carbocycles. The van der Waals surface area contributed by atoms with Gasteiger partial charge in [-0.25, -0.2) is 8.42 Å². The summed E-state index contributed by atoms with van der Waals surface area (Å²) in [5.41, 5.74) is 5.82. The van der Waals surface area contributed by atoms with E-state index in [0.717, 1.165) is 24.1 Å². The fourth-order valence-corrected chi connectivity index (χ4v) is 4.08. The first-order valence-electron chi connectivity index (χ1n) is 5.56. The van der Waals surface area contributed by atoms with Gasteiger partial charge >= 0.3 is 0 Å². The van der Waals surface area contributed by atoms with Gasteiger partial charge in [-0.05, 0) is 14.1 Å². The predicted octanol–water partition coefficient (Wildman–Crippen LogP) is 0.603. The third-order valence-corrected chi connectivity index (χ3v) is 5.09. The second-order valence-electron chi connectivity index (χ2n) is 4.59. The molecule has 1 aromatic rings. The molecule has 8 heteroatoms. The number of hydrogen-bond acceptors (Lipinski definition) is 7. The normalized spacial score (nSPS) is 11.6. The van der Waals surface area contributed by atoms with Crippen LogP contribution in [0, 0.1) is 11.3 Å². The smallest absolute Gasteiger partial charge is 0.180 e. The summed E-state index contributed by atoms with van der Waals surface area (Å²) in [5, 5.41) is 9.51. The highest BCUT2D eigenvalue weighted by Crippen LogP contribution is 2.40. The molecule has 0 atom stereocenters. The lowest BCUT2D eigenvalue weighted by molar-refractivity contribution is 0.416. The summed E-state index contributed by atoms with van der Waals surface area (Å²) in [7, 11) is 2.22. The fourth-order valence-electron chi connectivity index (χ4n) is 1.56. The van der Waals surface area contributed by atoms with Gasteiger partial charge < -0.3 is 15.5 Å².